The van der Waals surface area contributed by atoms with Crippen LogP contribution in [0.5, 0.6) is 17.2 Å². The molecule has 5 rings (SSSR count). The third-order valence-electron chi connectivity index (χ3n) is 5.71. The van der Waals surface area contributed by atoms with Crippen LogP contribution in [-0.2, 0) is 4.79 Å². The molecule has 0 spiro atoms. The molecule has 1 saturated heterocycles. The number of ether oxygens (including phenoxy) is 1. The minimum Gasteiger partial charge on any atom is -0.508 e. The number of thioether (sulfide) groups is 2. The van der Waals surface area contributed by atoms with Crippen LogP contribution in [-0.4, -0.2) is 34.9 Å². The second kappa shape index (κ2) is 9.24. The van der Waals surface area contributed by atoms with Crippen LogP contribution in [0.1, 0.15) is 12.5 Å². The first-order valence-corrected chi connectivity index (χ1v) is 12.6. The largest absolute Gasteiger partial charge is 0.508 e. The molecule has 2 aliphatic rings. The van der Waals surface area contributed by atoms with Gasteiger partial charge in [-0.3, -0.25) is 9.69 Å². The van der Waals surface area contributed by atoms with E-state index in [0.717, 1.165) is 21.4 Å². The highest BCUT2D eigenvalue weighted by molar-refractivity contribution is 8.20. The third kappa shape index (κ3) is 4.21. The lowest BCUT2D eigenvalue weighted by molar-refractivity contribution is -0.113. The van der Waals surface area contributed by atoms with Crippen molar-refractivity contribution >= 4 is 51.7 Å². The molecule has 2 N–H and O–H groups in total. The van der Waals surface area contributed by atoms with Crippen LogP contribution in [0.4, 0.5) is 17.1 Å². The number of amides is 1. The van der Waals surface area contributed by atoms with Gasteiger partial charge in [-0.15, -0.1) is 0 Å². The fourth-order valence-corrected chi connectivity index (χ4v) is 6.27. The summed E-state index contributed by atoms with van der Waals surface area (Å²) in [7, 11) is 1.64. The third-order valence-corrected chi connectivity index (χ3v) is 8.05. The zero-order chi connectivity index (χ0) is 24.7. The number of carbonyl (C=O) groups excluding carboxylic acids is 1. The van der Waals surface area contributed by atoms with E-state index in [1.54, 1.807) is 73.2 Å². The highest BCUT2D eigenvalue weighted by Gasteiger charge is 2.40. The van der Waals surface area contributed by atoms with Crippen molar-refractivity contribution in [2.24, 2.45) is 4.99 Å². The van der Waals surface area contributed by atoms with Crippen molar-refractivity contribution in [3.63, 3.8) is 0 Å². The van der Waals surface area contributed by atoms with Crippen LogP contribution in [0.25, 0.3) is 0 Å². The molecule has 0 atom stereocenters. The molecule has 0 radical (unpaired) electrons. The fraction of sp³-hybridized carbons (Fsp3) is 0.154. The smallest absolute Gasteiger partial charge is 0.274 e. The molecule has 1 amide bonds. The zero-order valence-corrected chi connectivity index (χ0v) is 21.0. The van der Waals surface area contributed by atoms with Gasteiger partial charge in [-0.05, 0) is 85.8 Å². The summed E-state index contributed by atoms with van der Waals surface area (Å²) in [6.07, 6.45) is 0. The van der Waals surface area contributed by atoms with Gasteiger partial charge in [0, 0.05) is 17.5 Å². The Morgan fingerprint density at radius 2 is 1.77 bits per heavy atom. The summed E-state index contributed by atoms with van der Waals surface area (Å²) >= 11 is 2.87. The maximum atomic E-state index is 13.8. The molecular formula is C26H23N3O4S2. The van der Waals surface area contributed by atoms with Gasteiger partial charge in [0.25, 0.3) is 5.91 Å². The van der Waals surface area contributed by atoms with E-state index in [-0.39, 0.29) is 17.4 Å². The van der Waals surface area contributed by atoms with E-state index in [1.165, 1.54) is 11.8 Å². The van der Waals surface area contributed by atoms with Gasteiger partial charge in [-0.1, -0.05) is 11.8 Å². The number of fused-ring (bicyclic) bond motifs is 1. The lowest BCUT2D eigenvalue weighted by atomic mass is 10.2. The summed E-state index contributed by atoms with van der Waals surface area (Å²) in [4.78, 5) is 23.9. The Morgan fingerprint density at radius 3 is 2.46 bits per heavy atom. The van der Waals surface area contributed by atoms with Crippen molar-refractivity contribution in [2.45, 2.75) is 18.7 Å². The van der Waals surface area contributed by atoms with Crippen LogP contribution < -0.4 is 14.5 Å². The number of phenolic OH excluding ortho intramolecular Hbond substituents is 2. The van der Waals surface area contributed by atoms with Crippen LogP contribution >= 0.6 is 23.5 Å². The van der Waals surface area contributed by atoms with Gasteiger partial charge in [0.1, 0.15) is 27.2 Å². The number of carbonyl (C=O) groups is 1. The maximum Gasteiger partial charge on any atom is 0.274 e. The summed E-state index contributed by atoms with van der Waals surface area (Å²) in [5, 5.41) is 21.0. The molecule has 0 aliphatic carbocycles. The molecule has 3 aromatic carbocycles. The highest BCUT2D eigenvalue weighted by atomic mass is 32.2. The lowest BCUT2D eigenvalue weighted by Gasteiger charge is -2.19. The maximum absolute atomic E-state index is 13.8. The number of amidine groups is 1. The Hall–Kier alpha value is -3.56. The number of nitrogens with zero attached hydrogens (tertiary/aromatic N) is 3. The van der Waals surface area contributed by atoms with Crippen LogP contribution in [0.15, 0.2) is 80.5 Å². The molecule has 0 aromatic heterocycles. The monoisotopic (exact) mass is 505 g/mol. The van der Waals surface area contributed by atoms with Gasteiger partial charge in [-0.25, -0.2) is 4.99 Å². The molecule has 178 valence electrons. The average Bonchev–Trinajstić information content (AvgIpc) is 3.38. The number of hydrogen-bond acceptors (Lipinski definition) is 8. The van der Waals surface area contributed by atoms with E-state index < -0.39 is 0 Å². The Balaban J connectivity index is 1.62. The van der Waals surface area contributed by atoms with E-state index in [4.69, 9.17) is 9.73 Å². The molecule has 2 heterocycles. The second-order valence-corrected chi connectivity index (χ2v) is 9.95. The van der Waals surface area contributed by atoms with Gasteiger partial charge in [0.15, 0.2) is 5.17 Å². The predicted octanol–water partition coefficient (Wildman–Crippen LogP) is 5.98. The van der Waals surface area contributed by atoms with Crippen molar-refractivity contribution in [3.05, 3.63) is 76.2 Å². The van der Waals surface area contributed by atoms with Gasteiger partial charge < -0.3 is 19.8 Å². The summed E-state index contributed by atoms with van der Waals surface area (Å²) in [5.74, 6) is 0.884. The molecule has 3 aromatic rings. The zero-order valence-electron chi connectivity index (χ0n) is 19.3. The topological polar surface area (TPSA) is 85.6 Å². The number of anilines is 2. The number of phenols is 2. The number of benzene rings is 3. The van der Waals surface area contributed by atoms with Crippen LogP contribution in [0.2, 0.25) is 0 Å². The normalized spacial score (nSPS) is 18.5. The molecule has 0 unspecified atom stereocenters. The summed E-state index contributed by atoms with van der Waals surface area (Å²) in [6, 6.07) is 17.5. The number of hydrogen-bond donors (Lipinski definition) is 2. The predicted molar refractivity (Wildman–Crippen MR) is 142 cm³/mol. The van der Waals surface area contributed by atoms with Gasteiger partial charge >= 0.3 is 0 Å². The molecule has 7 nitrogen and oxygen atoms in total. The molecule has 0 saturated carbocycles. The molecule has 35 heavy (non-hydrogen) atoms. The number of aromatic hydroxyl groups is 2. The SMILES string of the molecule is CCN1C(=C2SC(=Nc3ccc(O)c(C)c3)N(c3ccc(O)cc3)C2=O)Sc2ccc(OC)cc21. The van der Waals surface area contributed by atoms with Gasteiger partial charge in [0.05, 0.1) is 24.2 Å². The van der Waals surface area contributed by atoms with Crippen molar-refractivity contribution in [3.8, 4) is 17.2 Å². The Morgan fingerprint density at radius 1 is 1.00 bits per heavy atom. The summed E-state index contributed by atoms with van der Waals surface area (Å²) in [5.41, 5.74) is 2.94. The molecular weight excluding hydrogens is 482 g/mol. The van der Waals surface area contributed by atoms with Crippen molar-refractivity contribution in [2.75, 3.05) is 23.5 Å². The lowest BCUT2D eigenvalue weighted by Crippen LogP contribution is -2.29. The highest BCUT2D eigenvalue weighted by Crippen LogP contribution is 2.52. The molecule has 2 aliphatic heterocycles. The van der Waals surface area contributed by atoms with Crippen molar-refractivity contribution in [1.29, 1.82) is 0 Å². The van der Waals surface area contributed by atoms with E-state index >= 15 is 0 Å². The first-order valence-electron chi connectivity index (χ1n) is 11.0. The number of aryl methyl sites for hydroxylation is 1. The fourth-order valence-electron chi connectivity index (χ4n) is 3.90. The average molecular weight is 506 g/mol. The van der Waals surface area contributed by atoms with Gasteiger partial charge in [-0.2, -0.15) is 0 Å². The van der Waals surface area contributed by atoms with Crippen LogP contribution in [0, 0.1) is 6.92 Å². The Bertz CT molecular complexity index is 1390. The standard InChI is InChI=1S/C26H23N3O4S2/c1-4-28-20-14-19(33-3)10-12-22(20)34-25(28)23-24(32)29(17-6-8-18(30)9-7-17)26(35-23)27-16-5-11-21(31)15(2)13-16/h5-14,30-31H,4H2,1-3H3. The summed E-state index contributed by atoms with van der Waals surface area (Å²) < 4.78 is 5.41. The molecule has 0 bridgehead atoms. The minimum atomic E-state index is -0.185. The number of methoxy groups -OCH3 is 1. The van der Waals surface area contributed by atoms with E-state index in [0.29, 0.717) is 33.6 Å². The molecule has 9 heteroatoms. The van der Waals surface area contributed by atoms with Crippen molar-refractivity contribution in [1.82, 2.24) is 0 Å². The Labute approximate surface area is 211 Å². The number of aliphatic imine (C=N–C) groups is 1. The molecule has 1 fully saturated rings. The minimum absolute atomic E-state index is 0.118. The van der Waals surface area contributed by atoms with Gasteiger partial charge in [0.2, 0.25) is 0 Å². The first kappa shape index (κ1) is 23.2. The van der Waals surface area contributed by atoms with E-state index in [2.05, 4.69) is 4.90 Å². The first-order chi connectivity index (χ1) is 16.9. The summed E-state index contributed by atoms with van der Waals surface area (Å²) in [6.45, 7) is 4.53. The number of rotatable bonds is 4. The van der Waals surface area contributed by atoms with Crippen LogP contribution in [0.3, 0.4) is 0 Å². The Kier molecular flexibility index (Phi) is 6.12. The second-order valence-electron chi connectivity index (χ2n) is 7.94. The van der Waals surface area contributed by atoms with E-state index in [9.17, 15) is 15.0 Å². The quantitative estimate of drug-likeness (QED) is 0.422. The van der Waals surface area contributed by atoms with E-state index in [1.807, 2.05) is 25.1 Å². The van der Waals surface area contributed by atoms with Crippen molar-refractivity contribution < 1.29 is 19.7 Å².